The number of carbonyl (C=O) groups is 2. The molecule has 2 fully saturated rings. The van der Waals surface area contributed by atoms with Gasteiger partial charge in [-0.1, -0.05) is 18.2 Å². The number of halogens is 3. The Bertz CT molecular complexity index is 942. The number of anilines is 2. The Kier molecular flexibility index (Phi) is 6.08. The molecule has 2 amide bonds. The molecular weight excluding hydrogens is 431 g/mol. The van der Waals surface area contributed by atoms with Crippen molar-refractivity contribution in [2.45, 2.75) is 17.8 Å². The Labute approximate surface area is 180 Å². The van der Waals surface area contributed by atoms with Gasteiger partial charge in [-0.25, -0.2) is 5.43 Å². The molecule has 7 nitrogen and oxygen atoms in total. The number of amides is 2. The average Bonchev–Trinajstić information content (AvgIpc) is 3.17. The number of alkyl halides is 3. The second-order valence-corrected chi connectivity index (χ2v) is 8.20. The summed E-state index contributed by atoms with van der Waals surface area (Å²) in [4.78, 5) is 24.7. The van der Waals surface area contributed by atoms with Crippen molar-refractivity contribution in [3.8, 4) is 0 Å². The molecule has 4 rings (SSSR count). The van der Waals surface area contributed by atoms with Crippen LogP contribution in [0.3, 0.4) is 0 Å². The van der Waals surface area contributed by atoms with Gasteiger partial charge < -0.3 is 10.6 Å². The average molecular weight is 451 g/mol. The van der Waals surface area contributed by atoms with Crippen LogP contribution in [0.15, 0.2) is 54.6 Å². The van der Waals surface area contributed by atoms with E-state index in [1.807, 2.05) is 35.3 Å². The Balaban J connectivity index is 1.32. The van der Waals surface area contributed by atoms with Crippen LogP contribution in [-0.2, 0) is 15.8 Å². The first-order chi connectivity index (χ1) is 14.8. The maximum atomic E-state index is 12.6. The van der Waals surface area contributed by atoms with Gasteiger partial charge in [0.1, 0.15) is 11.7 Å². The Morgan fingerprint density at radius 1 is 1.13 bits per heavy atom. The van der Waals surface area contributed by atoms with Crippen molar-refractivity contribution in [1.29, 1.82) is 0 Å². The summed E-state index contributed by atoms with van der Waals surface area (Å²) >= 11 is 1.19. The van der Waals surface area contributed by atoms with Gasteiger partial charge in [0, 0.05) is 12.2 Å². The fourth-order valence-corrected chi connectivity index (χ4v) is 4.30. The minimum Gasteiger partial charge on any atom is -0.331 e. The molecule has 2 aliphatic rings. The van der Waals surface area contributed by atoms with E-state index in [2.05, 4.69) is 21.4 Å². The predicted octanol–water partition coefficient (Wildman–Crippen LogP) is 2.35. The van der Waals surface area contributed by atoms with Gasteiger partial charge in [0.25, 0.3) is 0 Å². The molecule has 2 aliphatic heterocycles. The molecule has 2 saturated heterocycles. The molecule has 31 heavy (non-hydrogen) atoms. The highest BCUT2D eigenvalue weighted by Gasteiger charge is 2.44. The van der Waals surface area contributed by atoms with Crippen molar-refractivity contribution in [3.63, 3.8) is 0 Å². The number of hydrazine groups is 1. The molecular formula is C20H20F3N5O2S. The second-order valence-electron chi connectivity index (χ2n) is 7.11. The SMILES string of the molecule is O=C(CSC1NC(=O)C2CNN(c3ccccc3)C2N1)Nc1ccc(C(F)(F)F)cc1. The lowest BCUT2D eigenvalue weighted by Crippen LogP contribution is -2.63. The fourth-order valence-electron chi connectivity index (χ4n) is 3.48. The van der Waals surface area contributed by atoms with Gasteiger partial charge in [-0.15, -0.1) is 11.8 Å². The molecule has 0 radical (unpaired) electrons. The van der Waals surface area contributed by atoms with Crippen LogP contribution < -0.4 is 26.4 Å². The van der Waals surface area contributed by atoms with Gasteiger partial charge in [-0.2, -0.15) is 13.2 Å². The van der Waals surface area contributed by atoms with Gasteiger partial charge in [-0.3, -0.25) is 19.9 Å². The number of nitrogens with one attached hydrogen (secondary N) is 4. The van der Waals surface area contributed by atoms with Gasteiger partial charge >= 0.3 is 6.18 Å². The predicted molar refractivity (Wildman–Crippen MR) is 112 cm³/mol. The van der Waals surface area contributed by atoms with Crippen LogP contribution in [0.25, 0.3) is 0 Å². The summed E-state index contributed by atoms with van der Waals surface area (Å²) in [6.07, 6.45) is -4.70. The number of benzene rings is 2. The van der Waals surface area contributed by atoms with Crippen molar-refractivity contribution in [2.24, 2.45) is 5.92 Å². The summed E-state index contributed by atoms with van der Waals surface area (Å²) in [6.45, 7) is 0.490. The van der Waals surface area contributed by atoms with E-state index in [1.165, 1.54) is 23.9 Å². The normalized spacial score (nSPS) is 23.3. The van der Waals surface area contributed by atoms with Crippen LogP contribution in [0.1, 0.15) is 5.56 Å². The number of para-hydroxylation sites is 1. The number of thioether (sulfide) groups is 1. The maximum absolute atomic E-state index is 12.6. The summed E-state index contributed by atoms with van der Waals surface area (Å²) in [6, 6.07) is 13.8. The number of nitrogens with zero attached hydrogens (tertiary/aromatic N) is 1. The number of carbonyl (C=O) groups excluding carboxylic acids is 2. The zero-order valence-corrected chi connectivity index (χ0v) is 17.0. The number of hydrogen-bond acceptors (Lipinski definition) is 6. The summed E-state index contributed by atoms with van der Waals surface area (Å²) in [5, 5.41) is 10.6. The first-order valence-electron chi connectivity index (χ1n) is 9.54. The quantitative estimate of drug-likeness (QED) is 0.559. The minimum atomic E-state index is -4.43. The van der Waals surface area contributed by atoms with Crippen LogP contribution in [0.5, 0.6) is 0 Å². The van der Waals surface area contributed by atoms with E-state index in [9.17, 15) is 22.8 Å². The Morgan fingerprint density at radius 2 is 1.84 bits per heavy atom. The van der Waals surface area contributed by atoms with E-state index in [1.54, 1.807) is 0 Å². The summed E-state index contributed by atoms with van der Waals surface area (Å²) in [7, 11) is 0. The van der Waals surface area contributed by atoms with Crippen molar-refractivity contribution in [3.05, 3.63) is 60.2 Å². The van der Waals surface area contributed by atoms with Crippen LogP contribution in [0.4, 0.5) is 24.5 Å². The van der Waals surface area contributed by atoms with Crippen LogP contribution in [0.2, 0.25) is 0 Å². The topological polar surface area (TPSA) is 85.5 Å². The first kappa shape index (κ1) is 21.5. The first-order valence-corrected chi connectivity index (χ1v) is 10.6. The summed E-state index contributed by atoms with van der Waals surface area (Å²) in [5.74, 6) is -0.768. The Morgan fingerprint density at radius 3 is 2.52 bits per heavy atom. The molecule has 0 aromatic heterocycles. The molecule has 11 heteroatoms. The third-order valence-electron chi connectivity index (χ3n) is 4.98. The summed E-state index contributed by atoms with van der Waals surface area (Å²) in [5.41, 5.74) is 3.14. The van der Waals surface area contributed by atoms with E-state index in [0.717, 1.165) is 17.8 Å². The molecule has 3 atom stereocenters. The van der Waals surface area contributed by atoms with Crippen molar-refractivity contribution >= 4 is 35.0 Å². The minimum absolute atomic E-state index is 0.00905. The maximum Gasteiger partial charge on any atom is 0.416 e. The van der Waals surface area contributed by atoms with Gasteiger partial charge in [0.2, 0.25) is 11.8 Å². The lowest BCUT2D eigenvalue weighted by molar-refractivity contribution is -0.137. The number of rotatable bonds is 5. The lowest BCUT2D eigenvalue weighted by atomic mass is 10.1. The molecule has 2 aromatic rings. The van der Waals surface area contributed by atoms with E-state index < -0.39 is 17.2 Å². The third kappa shape index (κ3) is 4.94. The summed E-state index contributed by atoms with van der Waals surface area (Å²) < 4.78 is 37.9. The molecule has 164 valence electrons. The van der Waals surface area contributed by atoms with E-state index in [4.69, 9.17) is 0 Å². The highest BCUT2D eigenvalue weighted by molar-refractivity contribution is 8.00. The molecule has 2 heterocycles. The fraction of sp³-hybridized carbons (Fsp3) is 0.300. The second kappa shape index (κ2) is 8.77. The van der Waals surface area contributed by atoms with Gasteiger partial charge in [-0.05, 0) is 36.4 Å². The monoisotopic (exact) mass is 451 g/mol. The largest absolute Gasteiger partial charge is 0.416 e. The number of fused-ring (bicyclic) bond motifs is 1. The molecule has 0 bridgehead atoms. The highest BCUT2D eigenvalue weighted by Crippen LogP contribution is 2.30. The zero-order chi connectivity index (χ0) is 22.0. The zero-order valence-electron chi connectivity index (χ0n) is 16.1. The molecule has 0 aliphatic carbocycles. The van der Waals surface area contributed by atoms with Crippen LogP contribution in [0, 0.1) is 5.92 Å². The van der Waals surface area contributed by atoms with Crippen molar-refractivity contribution < 1.29 is 22.8 Å². The smallest absolute Gasteiger partial charge is 0.331 e. The van der Waals surface area contributed by atoms with Crippen molar-refractivity contribution in [1.82, 2.24) is 16.1 Å². The standard InChI is InChI=1S/C20H20F3N5O2S/c21-20(22,23)12-6-8-13(9-7-12)25-16(29)11-31-19-26-17-15(18(30)27-19)10-24-28(17)14-4-2-1-3-5-14/h1-9,15,17,19,24,26H,10-11H2,(H,25,29)(H,27,30). The molecule has 4 N–H and O–H groups in total. The third-order valence-corrected chi connectivity index (χ3v) is 6.00. The lowest BCUT2D eigenvalue weighted by Gasteiger charge is -2.37. The van der Waals surface area contributed by atoms with Crippen LogP contribution >= 0.6 is 11.8 Å². The molecule has 0 spiro atoms. The Hall–Kier alpha value is -2.76. The van der Waals surface area contributed by atoms with E-state index in [-0.39, 0.29) is 35.3 Å². The molecule has 3 unspecified atom stereocenters. The van der Waals surface area contributed by atoms with E-state index >= 15 is 0 Å². The number of hydrogen-bond donors (Lipinski definition) is 4. The molecule has 2 aromatic carbocycles. The van der Waals surface area contributed by atoms with Crippen LogP contribution in [-0.4, -0.2) is 35.8 Å². The van der Waals surface area contributed by atoms with Gasteiger partial charge in [0.05, 0.1) is 22.9 Å². The van der Waals surface area contributed by atoms with Crippen molar-refractivity contribution in [2.75, 3.05) is 22.6 Å². The highest BCUT2D eigenvalue weighted by atomic mass is 32.2. The van der Waals surface area contributed by atoms with Gasteiger partial charge in [0.15, 0.2) is 0 Å². The van der Waals surface area contributed by atoms with E-state index in [0.29, 0.717) is 6.54 Å². The molecule has 0 saturated carbocycles.